The maximum absolute atomic E-state index is 9.03. The van der Waals surface area contributed by atoms with Gasteiger partial charge in [-0.15, -0.1) is 0 Å². The zero-order valence-electron chi connectivity index (χ0n) is 28.1. The van der Waals surface area contributed by atoms with Gasteiger partial charge in [0.25, 0.3) is 0 Å². The standard InChI is InChI=1S/C41H28ClN3/c42-41-44-39(43-40(45-41)36-24-23-34-25-33(21-22-35(34)26-36)27-7-2-1-3-8-27)32-19-15-29(16-20-32)28-13-17-31(18-14-28)38-12-6-10-30-9-4-5-11-37(30)38/h1-17,19-26,31H,18H2/i13D,14D,17D,18D. The van der Waals surface area contributed by atoms with E-state index in [1.807, 2.05) is 84.9 Å². The van der Waals surface area contributed by atoms with E-state index >= 15 is 0 Å². The third-order valence-electron chi connectivity index (χ3n) is 8.15. The van der Waals surface area contributed by atoms with E-state index in [1.54, 1.807) is 12.1 Å². The minimum Gasteiger partial charge on any atom is -0.208 e. The van der Waals surface area contributed by atoms with Crippen LogP contribution in [0.3, 0.4) is 0 Å². The van der Waals surface area contributed by atoms with E-state index in [0.717, 1.165) is 43.8 Å². The molecule has 45 heavy (non-hydrogen) atoms. The van der Waals surface area contributed by atoms with Crippen LogP contribution in [0.1, 0.15) is 28.9 Å². The van der Waals surface area contributed by atoms with Crippen molar-refractivity contribution in [2.24, 2.45) is 0 Å². The molecule has 0 aliphatic heterocycles. The first kappa shape index (κ1) is 23.1. The summed E-state index contributed by atoms with van der Waals surface area (Å²) in [5.74, 6) is 0.131. The summed E-state index contributed by atoms with van der Waals surface area (Å²) < 4.78 is 35.9. The normalized spacial score (nSPS) is 18.1. The lowest BCUT2D eigenvalue weighted by molar-refractivity contribution is 0.865. The van der Waals surface area contributed by atoms with Crippen LogP contribution in [-0.2, 0) is 0 Å². The highest BCUT2D eigenvalue weighted by molar-refractivity contribution is 6.28. The van der Waals surface area contributed by atoms with Crippen molar-refractivity contribution in [1.29, 1.82) is 0 Å². The zero-order valence-corrected chi connectivity index (χ0v) is 24.8. The van der Waals surface area contributed by atoms with E-state index in [0.29, 0.717) is 22.8 Å². The predicted molar refractivity (Wildman–Crippen MR) is 187 cm³/mol. The molecular weight excluding hydrogens is 570 g/mol. The fourth-order valence-corrected chi connectivity index (χ4v) is 5.99. The highest BCUT2D eigenvalue weighted by atomic mass is 35.5. The zero-order chi connectivity index (χ0) is 33.6. The molecule has 7 aromatic rings. The van der Waals surface area contributed by atoms with Crippen LogP contribution < -0.4 is 0 Å². The van der Waals surface area contributed by atoms with Crippen LogP contribution in [0.15, 0.2) is 152 Å². The van der Waals surface area contributed by atoms with Crippen molar-refractivity contribution in [2.45, 2.75) is 12.3 Å². The second kappa shape index (κ2) is 11.6. The Hall–Kier alpha value is -5.38. The van der Waals surface area contributed by atoms with E-state index in [-0.39, 0.29) is 29.0 Å². The van der Waals surface area contributed by atoms with Crippen LogP contribution in [-0.4, -0.2) is 15.0 Å². The van der Waals surface area contributed by atoms with Gasteiger partial charge in [0.15, 0.2) is 11.6 Å². The Morgan fingerprint density at radius 2 is 1.22 bits per heavy atom. The SMILES string of the molecule is [2H]C1=C([2H])C(c2cccc3ccccc23)C([2H])C([2H])=C1c1ccc(-c2nc(Cl)nc(-c3ccc4cc(-c5ccccc5)ccc4c3)n2)cc1. The summed E-state index contributed by atoms with van der Waals surface area (Å²) in [7, 11) is 0. The van der Waals surface area contributed by atoms with E-state index in [9.17, 15) is 0 Å². The molecule has 214 valence electrons. The van der Waals surface area contributed by atoms with Gasteiger partial charge in [0.1, 0.15) is 0 Å². The Balaban J connectivity index is 1.10. The van der Waals surface area contributed by atoms with Crippen LogP contribution in [0.2, 0.25) is 5.28 Å². The van der Waals surface area contributed by atoms with Crippen molar-refractivity contribution in [3.8, 4) is 33.9 Å². The highest BCUT2D eigenvalue weighted by Crippen LogP contribution is 2.35. The summed E-state index contributed by atoms with van der Waals surface area (Å²) in [5.41, 5.74) is 5.46. The molecule has 1 heterocycles. The van der Waals surface area contributed by atoms with E-state index in [4.69, 9.17) is 22.1 Å². The van der Waals surface area contributed by atoms with Crippen LogP contribution in [0.4, 0.5) is 0 Å². The summed E-state index contributed by atoms with van der Waals surface area (Å²) in [6.07, 6.45) is -1.03. The predicted octanol–water partition coefficient (Wildman–Crippen LogP) is 11.0. The molecule has 6 aromatic carbocycles. The van der Waals surface area contributed by atoms with Gasteiger partial charge in [-0.3, -0.25) is 0 Å². The topological polar surface area (TPSA) is 38.7 Å². The van der Waals surface area contributed by atoms with Crippen molar-refractivity contribution < 1.29 is 5.48 Å². The maximum Gasteiger partial charge on any atom is 0.226 e. The first-order chi connectivity index (χ1) is 23.9. The number of hydrogen-bond donors (Lipinski definition) is 0. The number of allylic oxidation sites excluding steroid dienone is 4. The third kappa shape index (κ3) is 5.43. The largest absolute Gasteiger partial charge is 0.226 e. The third-order valence-corrected chi connectivity index (χ3v) is 8.32. The Bertz CT molecular complexity index is 2460. The summed E-state index contributed by atoms with van der Waals surface area (Å²) in [5, 5.41) is 4.15. The van der Waals surface area contributed by atoms with Gasteiger partial charge in [0.05, 0.1) is 4.11 Å². The van der Waals surface area contributed by atoms with Gasteiger partial charge in [-0.1, -0.05) is 139 Å². The van der Waals surface area contributed by atoms with Gasteiger partial charge >= 0.3 is 0 Å². The lowest BCUT2D eigenvalue weighted by atomic mass is 9.86. The molecule has 1 aliphatic carbocycles. The van der Waals surface area contributed by atoms with Gasteiger partial charge in [-0.05, 0) is 79.5 Å². The molecule has 4 heteroatoms. The minimum absolute atomic E-state index is 0.0179. The van der Waals surface area contributed by atoms with Gasteiger partial charge in [-0.2, -0.15) is 9.97 Å². The summed E-state index contributed by atoms with van der Waals surface area (Å²) in [6.45, 7) is 0. The van der Waals surface area contributed by atoms with Crippen LogP contribution >= 0.6 is 11.6 Å². The lowest BCUT2D eigenvalue weighted by Gasteiger charge is -2.19. The average molecular weight is 602 g/mol. The quantitative estimate of drug-likeness (QED) is 0.197. The average Bonchev–Trinajstić information content (AvgIpc) is 3.14. The number of rotatable bonds is 5. The molecule has 1 aromatic heterocycles. The molecule has 0 saturated carbocycles. The molecule has 0 N–H and O–H groups in total. The number of benzene rings is 6. The van der Waals surface area contributed by atoms with Crippen molar-refractivity contribution in [3.63, 3.8) is 0 Å². The molecule has 0 radical (unpaired) electrons. The fraction of sp³-hybridized carbons (Fsp3) is 0.0488. The molecule has 2 atom stereocenters. The summed E-state index contributed by atoms with van der Waals surface area (Å²) in [4.78, 5) is 13.6. The van der Waals surface area contributed by atoms with E-state index in [1.165, 1.54) is 0 Å². The molecule has 8 rings (SSSR count). The van der Waals surface area contributed by atoms with Crippen molar-refractivity contribution in [2.75, 3.05) is 0 Å². The van der Waals surface area contributed by atoms with Crippen molar-refractivity contribution in [3.05, 3.63) is 168 Å². The summed E-state index contributed by atoms with van der Waals surface area (Å²) in [6, 6.07) is 43.5. The second-order valence-electron chi connectivity index (χ2n) is 11.0. The Kier molecular flexibility index (Phi) is 5.95. The number of halogens is 1. The second-order valence-corrected chi connectivity index (χ2v) is 11.3. The highest BCUT2D eigenvalue weighted by Gasteiger charge is 2.15. The molecule has 0 fully saturated rings. The van der Waals surface area contributed by atoms with Crippen LogP contribution in [0, 0.1) is 0 Å². The minimum atomic E-state index is -1.03. The van der Waals surface area contributed by atoms with E-state index in [2.05, 4.69) is 46.4 Å². The van der Waals surface area contributed by atoms with Gasteiger partial charge in [-0.25, -0.2) is 4.98 Å². The number of fused-ring (bicyclic) bond motifs is 2. The molecule has 0 saturated heterocycles. The Labute approximate surface area is 272 Å². The monoisotopic (exact) mass is 601 g/mol. The van der Waals surface area contributed by atoms with Gasteiger partial charge < -0.3 is 0 Å². The molecule has 3 nitrogen and oxygen atoms in total. The smallest absolute Gasteiger partial charge is 0.208 e. The molecule has 1 aliphatic rings. The first-order valence-corrected chi connectivity index (χ1v) is 15.1. The number of hydrogen-bond acceptors (Lipinski definition) is 3. The fourth-order valence-electron chi connectivity index (χ4n) is 5.83. The first-order valence-electron chi connectivity index (χ1n) is 16.8. The van der Waals surface area contributed by atoms with Crippen LogP contribution in [0.5, 0.6) is 0 Å². The van der Waals surface area contributed by atoms with Gasteiger partial charge in [0, 0.05) is 18.4 Å². The van der Waals surface area contributed by atoms with Crippen molar-refractivity contribution >= 4 is 38.7 Å². The molecule has 0 spiro atoms. The Morgan fingerprint density at radius 1 is 0.578 bits per heavy atom. The summed E-state index contributed by atoms with van der Waals surface area (Å²) >= 11 is 6.41. The maximum atomic E-state index is 9.03. The molecule has 2 unspecified atom stereocenters. The van der Waals surface area contributed by atoms with Crippen molar-refractivity contribution in [1.82, 2.24) is 15.0 Å². The number of aromatic nitrogens is 3. The van der Waals surface area contributed by atoms with Gasteiger partial charge in [0.2, 0.25) is 5.28 Å². The molecule has 0 bridgehead atoms. The Morgan fingerprint density at radius 3 is 2.04 bits per heavy atom. The lowest BCUT2D eigenvalue weighted by Crippen LogP contribution is -2.00. The molecular formula is C41H28ClN3. The van der Waals surface area contributed by atoms with Crippen LogP contribution in [0.25, 0.3) is 61.0 Å². The van der Waals surface area contributed by atoms with E-state index < -0.39 is 12.3 Å². The molecule has 0 amide bonds. The number of nitrogens with zero attached hydrogens (tertiary/aromatic N) is 3.